The first-order valence-corrected chi connectivity index (χ1v) is 13.4. The number of fused-ring (bicyclic) bond motifs is 1. The molecule has 1 fully saturated rings. The standard InChI is InChI=1S/C25H31ClN2O6S/c1-3-5-21-27-24(35-17-8-6-15(7-9-17)10-22(29)32-4-2)23(25(30)31)28(21)13-16-11-19-20(12-18(16)26)34-14-33-19/h11-12,15,17H,3-10,13-14H2,1-2H3,(H,30,31). The van der Waals surface area contributed by atoms with Crippen LogP contribution in [0.5, 0.6) is 11.5 Å². The van der Waals surface area contributed by atoms with Crippen LogP contribution in [0.3, 0.4) is 0 Å². The van der Waals surface area contributed by atoms with E-state index in [0.717, 1.165) is 43.5 Å². The van der Waals surface area contributed by atoms with Crippen LogP contribution in [0.15, 0.2) is 17.2 Å². The van der Waals surface area contributed by atoms with E-state index in [9.17, 15) is 14.7 Å². The molecular formula is C25H31ClN2O6S. The van der Waals surface area contributed by atoms with Crippen LogP contribution in [-0.2, 0) is 22.5 Å². The number of hydrogen-bond donors (Lipinski definition) is 1. The zero-order chi connectivity index (χ0) is 24.9. The summed E-state index contributed by atoms with van der Waals surface area (Å²) in [5.41, 5.74) is 0.949. The third-order valence-corrected chi connectivity index (χ3v) is 8.06. The van der Waals surface area contributed by atoms with Gasteiger partial charge >= 0.3 is 11.9 Å². The Hall–Kier alpha value is -2.39. The van der Waals surface area contributed by atoms with E-state index in [2.05, 4.69) is 0 Å². The van der Waals surface area contributed by atoms with E-state index in [0.29, 0.717) is 46.9 Å². The summed E-state index contributed by atoms with van der Waals surface area (Å²) in [4.78, 5) is 29.0. The predicted octanol–water partition coefficient (Wildman–Crippen LogP) is 5.57. The molecule has 0 unspecified atom stereocenters. The molecule has 1 aliphatic heterocycles. The van der Waals surface area contributed by atoms with Gasteiger partial charge in [-0.25, -0.2) is 9.78 Å². The zero-order valence-corrected chi connectivity index (χ0v) is 21.6. The lowest BCUT2D eigenvalue weighted by molar-refractivity contribution is -0.144. The van der Waals surface area contributed by atoms with Gasteiger partial charge in [0, 0.05) is 29.2 Å². The zero-order valence-electron chi connectivity index (χ0n) is 20.0. The van der Waals surface area contributed by atoms with Crippen molar-refractivity contribution in [1.82, 2.24) is 9.55 Å². The van der Waals surface area contributed by atoms with Gasteiger partial charge in [0.2, 0.25) is 6.79 Å². The number of carbonyl (C=O) groups excluding carboxylic acids is 1. The van der Waals surface area contributed by atoms with Crippen LogP contribution >= 0.6 is 23.4 Å². The predicted molar refractivity (Wildman–Crippen MR) is 133 cm³/mol. The molecule has 10 heteroatoms. The highest BCUT2D eigenvalue weighted by Gasteiger charge is 2.29. The molecule has 2 aliphatic rings. The van der Waals surface area contributed by atoms with Gasteiger partial charge in [-0.15, -0.1) is 11.8 Å². The lowest BCUT2D eigenvalue weighted by atomic mass is 9.87. The molecule has 0 amide bonds. The first-order chi connectivity index (χ1) is 16.9. The molecule has 4 rings (SSSR count). The molecule has 190 valence electrons. The number of carboxylic acids is 1. The largest absolute Gasteiger partial charge is 0.476 e. The fraction of sp³-hybridized carbons (Fsp3) is 0.560. The number of carboxylic acid groups (broad SMARTS) is 1. The minimum absolute atomic E-state index is 0.137. The van der Waals surface area contributed by atoms with E-state index in [4.69, 9.17) is 30.8 Å². The van der Waals surface area contributed by atoms with Crippen molar-refractivity contribution in [2.24, 2.45) is 5.92 Å². The van der Waals surface area contributed by atoms with Crippen LogP contribution in [-0.4, -0.2) is 45.2 Å². The Labute approximate surface area is 214 Å². The molecule has 0 atom stereocenters. The molecule has 8 nitrogen and oxygen atoms in total. The van der Waals surface area contributed by atoms with Crippen molar-refractivity contribution < 1.29 is 28.9 Å². The second-order valence-electron chi connectivity index (χ2n) is 8.89. The van der Waals surface area contributed by atoms with Crippen molar-refractivity contribution in [3.63, 3.8) is 0 Å². The van der Waals surface area contributed by atoms with Crippen LogP contribution in [0.1, 0.15) is 74.2 Å². The van der Waals surface area contributed by atoms with Gasteiger partial charge in [-0.1, -0.05) is 18.5 Å². The van der Waals surface area contributed by atoms with E-state index in [-0.39, 0.29) is 30.3 Å². The molecule has 1 aromatic heterocycles. The minimum Gasteiger partial charge on any atom is -0.476 e. The number of halogens is 1. The van der Waals surface area contributed by atoms with E-state index < -0.39 is 5.97 Å². The third-order valence-electron chi connectivity index (χ3n) is 6.39. The van der Waals surface area contributed by atoms with Gasteiger partial charge in [-0.05, 0) is 56.6 Å². The molecule has 1 aliphatic carbocycles. The number of aromatic nitrogens is 2. The molecule has 0 saturated heterocycles. The number of carbonyl (C=O) groups is 2. The van der Waals surface area contributed by atoms with E-state index >= 15 is 0 Å². The molecule has 1 saturated carbocycles. The number of aromatic carboxylic acids is 1. The van der Waals surface area contributed by atoms with Crippen molar-refractivity contribution >= 4 is 35.3 Å². The van der Waals surface area contributed by atoms with Gasteiger partial charge in [0.05, 0.1) is 13.2 Å². The molecule has 1 N–H and O–H groups in total. The second-order valence-corrected chi connectivity index (χ2v) is 10.6. The second kappa shape index (κ2) is 11.6. The lowest BCUT2D eigenvalue weighted by Crippen LogP contribution is -2.20. The molecule has 0 spiro atoms. The van der Waals surface area contributed by atoms with Crippen LogP contribution < -0.4 is 9.47 Å². The average molecular weight is 523 g/mol. The summed E-state index contributed by atoms with van der Waals surface area (Å²) in [5, 5.41) is 11.5. The number of benzene rings is 1. The smallest absolute Gasteiger partial charge is 0.355 e. The summed E-state index contributed by atoms with van der Waals surface area (Å²) in [6, 6.07) is 3.52. The molecular weight excluding hydrogens is 492 g/mol. The van der Waals surface area contributed by atoms with Crippen LogP contribution in [0.2, 0.25) is 5.02 Å². The van der Waals surface area contributed by atoms with Gasteiger partial charge in [0.1, 0.15) is 10.9 Å². The molecule has 2 aromatic rings. The summed E-state index contributed by atoms with van der Waals surface area (Å²) in [5.74, 6) is 1.11. The van der Waals surface area contributed by atoms with E-state index in [1.165, 1.54) is 11.8 Å². The third kappa shape index (κ3) is 6.06. The Balaban J connectivity index is 1.53. The average Bonchev–Trinajstić information content (AvgIpc) is 3.40. The Morgan fingerprint density at radius 2 is 1.91 bits per heavy atom. The Morgan fingerprint density at radius 1 is 1.20 bits per heavy atom. The molecule has 1 aromatic carbocycles. The monoisotopic (exact) mass is 522 g/mol. The van der Waals surface area contributed by atoms with Crippen LogP contribution in [0, 0.1) is 5.92 Å². The van der Waals surface area contributed by atoms with Gasteiger partial charge in [0.15, 0.2) is 17.2 Å². The number of thioether (sulfide) groups is 1. The number of ether oxygens (including phenoxy) is 3. The topological polar surface area (TPSA) is 99.9 Å². The lowest BCUT2D eigenvalue weighted by Gasteiger charge is -2.27. The maximum Gasteiger partial charge on any atom is 0.355 e. The normalized spacial score (nSPS) is 19.1. The summed E-state index contributed by atoms with van der Waals surface area (Å²) < 4.78 is 17.7. The first kappa shape index (κ1) is 25.7. The first-order valence-electron chi connectivity index (χ1n) is 12.1. The summed E-state index contributed by atoms with van der Waals surface area (Å²) >= 11 is 8.04. The number of aryl methyl sites for hydroxylation is 1. The number of esters is 1. The maximum absolute atomic E-state index is 12.4. The van der Waals surface area contributed by atoms with Gasteiger partial charge in [-0.3, -0.25) is 4.79 Å². The van der Waals surface area contributed by atoms with E-state index in [1.807, 2.05) is 19.9 Å². The molecule has 0 radical (unpaired) electrons. The molecule has 2 heterocycles. The highest BCUT2D eigenvalue weighted by Crippen LogP contribution is 2.40. The highest BCUT2D eigenvalue weighted by atomic mass is 35.5. The van der Waals surface area contributed by atoms with Crippen molar-refractivity contribution in [2.45, 2.75) is 75.6 Å². The van der Waals surface area contributed by atoms with Gasteiger partial charge in [-0.2, -0.15) is 0 Å². The van der Waals surface area contributed by atoms with Gasteiger partial charge in [0.25, 0.3) is 0 Å². The minimum atomic E-state index is -1.00. The van der Waals surface area contributed by atoms with Crippen molar-refractivity contribution in [2.75, 3.05) is 13.4 Å². The van der Waals surface area contributed by atoms with Crippen molar-refractivity contribution in [3.8, 4) is 11.5 Å². The highest BCUT2D eigenvalue weighted by molar-refractivity contribution is 7.99. The van der Waals surface area contributed by atoms with Gasteiger partial charge < -0.3 is 23.9 Å². The number of nitrogens with zero attached hydrogens (tertiary/aromatic N) is 2. The van der Waals surface area contributed by atoms with Crippen LogP contribution in [0.4, 0.5) is 0 Å². The molecule has 0 bridgehead atoms. The molecule has 35 heavy (non-hydrogen) atoms. The van der Waals surface area contributed by atoms with E-state index in [1.54, 1.807) is 10.6 Å². The SMILES string of the molecule is CCCc1nc(SC2CCC(CC(=O)OCC)CC2)c(C(=O)O)n1Cc1cc2c(cc1Cl)OCO2. The summed E-state index contributed by atoms with van der Waals surface area (Å²) in [7, 11) is 0. The summed E-state index contributed by atoms with van der Waals surface area (Å²) in [6.07, 6.45) is 5.64. The quantitative estimate of drug-likeness (QED) is 0.404. The summed E-state index contributed by atoms with van der Waals surface area (Å²) in [6.45, 7) is 4.70. The number of hydrogen-bond acceptors (Lipinski definition) is 7. The van der Waals surface area contributed by atoms with Crippen molar-refractivity contribution in [1.29, 1.82) is 0 Å². The Kier molecular flexibility index (Phi) is 8.49. The number of rotatable bonds is 10. The maximum atomic E-state index is 12.4. The van der Waals surface area contributed by atoms with Crippen molar-refractivity contribution in [3.05, 3.63) is 34.2 Å². The fourth-order valence-electron chi connectivity index (χ4n) is 4.67. The fourth-order valence-corrected chi connectivity index (χ4v) is 6.17. The van der Waals surface area contributed by atoms with Crippen LogP contribution in [0.25, 0.3) is 0 Å². The Morgan fingerprint density at radius 3 is 2.57 bits per heavy atom. The number of imidazole rings is 1. The Bertz CT molecular complexity index is 1080.